The standard InChI is InChI=1S/C22H24F3N3O3/c1-12-7-19(21(30)26-10-16-11-31-6-5-28(16)13(2)29)27-20-17(12)8-15(14-3-4-14)9-18(20)22(23,24)25/h7-9,14,16H,3-6,10-11H2,1-2H3,(H,26,30). The molecule has 1 saturated heterocycles. The minimum Gasteiger partial charge on any atom is -0.377 e. The number of aryl methyl sites for hydroxylation is 1. The SMILES string of the molecule is CC(=O)N1CCOCC1CNC(=O)c1cc(C)c2cc(C3CC3)cc(C(F)(F)F)c2n1. The van der Waals surface area contributed by atoms with Gasteiger partial charge in [-0.3, -0.25) is 9.59 Å². The van der Waals surface area contributed by atoms with Gasteiger partial charge < -0.3 is 15.0 Å². The van der Waals surface area contributed by atoms with E-state index in [2.05, 4.69) is 10.3 Å². The van der Waals surface area contributed by atoms with E-state index in [1.807, 2.05) is 0 Å². The lowest BCUT2D eigenvalue weighted by atomic mass is 9.98. The predicted octanol–water partition coefficient (Wildman–Crippen LogP) is 3.42. The Bertz CT molecular complexity index is 1030. The Hall–Kier alpha value is -2.68. The van der Waals surface area contributed by atoms with E-state index in [0.717, 1.165) is 18.9 Å². The topological polar surface area (TPSA) is 71.5 Å². The fraction of sp³-hybridized carbons (Fsp3) is 0.500. The average Bonchev–Trinajstić information content (AvgIpc) is 3.56. The number of carbonyl (C=O) groups excluding carboxylic acids is 2. The van der Waals surface area contributed by atoms with Crippen LogP contribution in [0.25, 0.3) is 10.9 Å². The second-order valence-corrected chi connectivity index (χ2v) is 8.21. The summed E-state index contributed by atoms with van der Waals surface area (Å²) < 4.78 is 46.7. The van der Waals surface area contributed by atoms with Crippen molar-refractivity contribution in [2.45, 2.75) is 44.8 Å². The van der Waals surface area contributed by atoms with Gasteiger partial charge in [-0.15, -0.1) is 0 Å². The number of hydrogen-bond acceptors (Lipinski definition) is 4. The number of hydrogen-bond donors (Lipinski definition) is 1. The maximum absolute atomic E-state index is 13.8. The number of alkyl halides is 3. The summed E-state index contributed by atoms with van der Waals surface area (Å²) in [5, 5.41) is 3.10. The molecule has 1 aliphatic carbocycles. The number of benzene rings is 1. The number of aromatic nitrogens is 1. The maximum Gasteiger partial charge on any atom is 0.418 e. The largest absolute Gasteiger partial charge is 0.418 e. The Balaban J connectivity index is 1.62. The quantitative estimate of drug-likeness (QED) is 0.799. The Kier molecular flexibility index (Phi) is 5.63. The molecular weight excluding hydrogens is 411 g/mol. The summed E-state index contributed by atoms with van der Waals surface area (Å²) in [4.78, 5) is 30.2. The smallest absolute Gasteiger partial charge is 0.377 e. The molecule has 1 saturated carbocycles. The first-order valence-electron chi connectivity index (χ1n) is 10.3. The normalized spacial score (nSPS) is 19.5. The maximum atomic E-state index is 13.8. The van der Waals surface area contributed by atoms with Crippen LogP contribution in [-0.2, 0) is 15.7 Å². The number of morpholine rings is 1. The average molecular weight is 435 g/mol. The molecule has 1 N–H and O–H groups in total. The van der Waals surface area contributed by atoms with Crippen molar-refractivity contribution in [2.75, 3.05) is 26.3 Å². The van der Waals surface area contributed by atoms with Crippen LogP contribution >= 0.6 is 0 Å². The van der Waals surface area contributed by atoms with Gasteiger partial charge in [0.05, 0.1) is 30.3 Å². The highest BCUT2D eigenvalue weighted by molar-refractivity contribution is 5.97. The monoisotopic (exact) mass is 435 g/mol. The van der Waals surface area contributed by atoms with Gasteiger partial charge in [-0.25, -0.2) is 4.98 Å². The van der Waals surface area contributed by atoms with Crippen molar-refractivity contribution in [3.63, 3.8) is 0 Å². The highest BCUT2D eigenvalue weighted by Crippen LogP contribution is 2.44. The van der Waals surface area contributed by atoms with Crippen LogP contribution in [-0.4, -0.2) is 54.0 Å². The summed E-state index contributed by atoms with van der Waals surface area (Å²) in [6.45, 7) is 4.41. The third-order valence-corrected chi connectivity index (χ3v) is 5.86. The minimum atomic E-state index is -4.57. The zero-order valence-electron chi connectivity index (χ0n) is 17.4. The first kappa shape index (κ1) is 21.5. The molecule has 1 aromatic carbocycles. The molecule has 31 heavy (non-hydrogen) atoms. The van der Waals surface area contributed by atoms with Gasteiger partial charge >= 0.3 is 6.18 Å². The lowest BCUT2D eigenvalue weighted by molar-refractivity contribution is -0.137. The highest BCUT2D eigenvalue weighted by atomic mass is 19.4. The first-order chi connectivity index (χ1) is 14.6. The Morgan fingerprint density at radius 1 is 1.26 bits per heavy atom. The number of pyridine rings is 1. The molecule has 1 unspecified atom stereocenters. The molecule has 4 rings (SSSR count). The summed E-state index contributed by atoms with van der Waals surface area (Å²) in [5.74, 6) is -0.545. The van der Waals surface area contributed by atoms with E-state index in [1.165, 1.54) is 13.0 Å². The van der Waals surface area contributed by atoms with Crippen molar-refractivity contribution < 1.29 is 27.5 Å². The number of nitrogens with zero attached hydrogens (tertiary/aromatic N) is 2. The zero-order chi connectivity index (χ0) is 22.3. The zero-order valence-corrected chi connectivity index (χ0v) is 17.4. The van der Waals surface area contributed by atoms with Crippen LogP contribution in [0.3, 0.4) is 0 Å². The van der Waals surface area contributed by atoms with Crippen molar-refractivity contribution in [3.8, 4) is 0 Å². The number of nitrogens with one attached hydrogen (secondary N) is 1. The van der Waals surface area contributed by atoms with E-state index in [9.17, 15) is 22.8 Å². The highest BCUT2D eigenvalue weighted by Gasteiger charge is 2.36. The summed E-state index contributed by atoms with van der Waals surface area (Å²) >= 11 is 0. The van der Waals surface area contributed by atoms with E-state index < -0.39 is 17.6 Å². The number of ether oxygens (including phenoxy) is 1. The van der Waals surface area contributed by atoms with Crippen molar-refractivity contribution in [1.82, 2.24) is 15.2 Å². The second kappa shape index (κ2) is 8.11. The van der Waals surface area contributed by atoms with Gasteiger partial charge in [-0.1, -0.05) is 0 Å². The van der Waals surface area contributed by atoms with Gasteiger partial charge in [0.15, 0.2) is 0 Å². The van der Waals surface area contributed by atoms with Gasteiger partial charge in [0.25, 0.3) is 5.91 Å². The molecule has 1 atom stereocenters. The lowest BCUT2D eigenvalue weighted by Crippen LogP contribution is -2.52. The number of rotatable bonds is 4. The Morgan fingerprint density at radius 3 is 2.65 bits per heavy atom. The van der Waals surface area contributed by atoms with Crippen molar-refractivity contribution in [1.29, 1.82) is 0 Å². The van der Waals surface area contributed by atoms with Crippen molar-refractivity contribution >= 4 is 22.7 Å². The predicted molar refractivity (Wildman–Crippen MR) is 108 cm³/mol. The van der Waals surface area contributed by atoms with E-state index in [1.54, 1.807) is 17.9 Å². The van der Waals surface area contributed by atoms with Gasteiger partial charge in [-0.2, -0.15) is 13.2 Å². The number of carbonyl (C=O) groups is 2. The molecule has 0 radical (unpaired) electrons. The van der Waals surface area contributed by atoms with E-state index in [0.29, 0.717) is 29.7 Å². The first-order valence-corrected chi connectivity index (χ1v) is 10.3. The fourth-order valence-electron chi connectivity index (χ4n) is 4.04. The summed E-state index contributed by atoms with van der Waals surface area (Å²) in [6, 6.07) is 4.10. The van der Waals surface area contributed by atoms with Gasteiger partial charge in [0, 0.05) is 25.4 Å². The van der Waals surface area contributed by atoms with Crippen LogP contribution in [0.5, 0.6) is 0 Å². The fourth-order valence-corrected chi connectivity index (χ4v) is 4.04. The van der Waals surface area contributed by atoms with Gasteiger partial charge in [0.1, 0.15) is 5.69 Å². The van der Waals surface area contributed by atoms with Crippen molar-refractivity contribution in [2.24, 2.45) is 0 Å². The molecule has 2 heterocycles. The van der Waals surface area contributed by atoms with Crippen LogP contribution in [0.1, 0.15) is 52.9 Å². The van der Waals surface area contributed by atoms with Crippen LogP contribution in [0, 0.1) is 6.92 Å². The molecule has 2 fully saturated rings. The van der Waals surface area contributed by atoms with Crippen LogP contribution in [0.15, 0.2) is 18.2 Å². The van der Waals surface area contributed by atoms with Crippen LogP contribution in [0.4, 0.5) is 13.2 Å². The van der Waals surface area contributed by atoms with Crippen molar-refractivity contribution in [3.05, 3.63) is 40.6 Å². The molecule has 2 amide bonds. The molecule has 6 nitrogen and oxygen atoms in total. The molecule has 0 bridgehead atoms. The number of fused-ring (bicyclic) bond motifs is 1. The van der Waals surface area contributed by atoms with E-state index in [-0.39, 0.29) is 42.2 Å². The van der Waals surface area contributed by atoms with E-state index in [4.69, 9.17) is 4.74 Å². The molecule has 1 aromatic heterocycles. The molecule has 2 aromatic rings. The second-order valence-electron chi connectivity index (χ2n) is 8.21. The lowest BCUT2D eigenvalue weighted by Gasteiger charge is -2.34. The summed E-state index contributed by atoms with van der Waals surface area (Å²) in [6.07, 6.45) is -2.80. The third kappa shape index (κ3) is 4.51. The molecule has 1 aliphatic heterocycles. The Morgan fingerprint density at radius 2 is 2.00 bits per heavy atom. The van der Waals surface area contributed by atoms with Crippen LogP contribution in [0.2, 0.25) is 0 Å². The number of halogens is 3. The van der Waals surface area contributed by atoms with Gasteiger partial charge in [-0.05, 0) is 55.0 Å². The van der Waals surface area contributed by atoms with Crippen LogP contribution < -0.4 is 5.32 Å². The Labute approximate surface area is 177 Å². The molecule has 2 aliphatic rings. The third-order valence-electron chi connectivity index (χ3n) is 5.86. The van der Waals surface area contributed by atoms with E-state index >= 15 is 0 Å². The molecule has 166 valence electrons. The minimum absolute atomic E-state index is 0.0826. The number of amides is 2. The van der Waals surface area contributed by atoms with Gasteiger partial charge in [0.2, 0.25) is 5.91 Å². The summed E-state index contributed by atoms with van der Waals surface area (Å²) in [7, 11) is 0. The molecule has 9 heteroatoms. The molecule has 0 spiro atoms. The molecular formula is C22H24F3N3O3. The summed E-state index contributed by atoms with van der Waals surface area (Å²) in [5.41, 5.74) is 0.125.